The highest BCUT2D eigenvalue weighted by Gasteiger charge is 2.41. The third-order valence-electron chi connectivity index (χ3n) is 15.0. The zero-order chi connectivity index (χ0) is 49.1. The number of halogens is 2. The number of ether oxygens (including phenoxy) is 2. The molecule has 4 aliphatic rings. The molecule has 70 heavy (non-hydrogen) atoms. The predicted molar refractivity (Wildman–Crippen MR) is 297 cm³/mol. The number of hydrogen-bond acceptors (Lipinski definition) is 10. The van der Waals surface area contributed by atoms with Crippen LogP contribution in [0.4, 0.5) is 11.6 Å². The van der Waals surface area contributed by atoms with Crippen molar-refractivity contribution >= 4 is 95.2 Å². The monoisotopic (exact) mass is 1110 g/mol. The molecule has 0 amide bonds. The topological polar surface area (TPSA) is 122 Å². The van der Waals surface area contributed by atoms with Crippen molar-refractivity contribution < 1.29 is 9.47 Å². The van der Waals surface area contributed by atoms with Crippen LogP contribution in [0.3, 0.4) is 0 Å². The van der Waals surface area contributed by atoms with Crippen LogP contribution in [0.15, 0.2) is 55.4 Å². The lowest BCUT2D eigenvalue weighted by atomic mass is 9.92. The largest absolute Gasteiger partial charge is 0.361 e. The Morgan fingerprint density at radius 3 is 1.73 bits per heavy atom. The van der Waals surface area contributed by atoms with Crippen LogP contribution in [0.2, 0.25) is 56.4 Å². The fraction of sp³-hybridized carbons (Fsp3) is 0.577. The van der Waals surface area contributed by atoms with E-state index in [-0.39, 0.29) is 0 Å². The Labute approximate surface area is 434 Å². The Bertz CT molecular complexity index is 2950. The summed E-state index contributed by atoms with van der Waals surface area (Å²) in [7, 11) is -0.337. The van der Waals surface area contributed by atoms with Crippen molar-refractivity contribution in [2.45, 2.75) is 161 Å². The van der Waals surface area contributed by atoms with E-state index in [2.05, 4.69) is 118 Å². The molecule has 0 saturated carbocycles. The number of benzene rings is 1. The van der Waals surface area contributed by atoms with Gasteiger partial charge >= 0.3 is 0 Å². The Morgan fingerprint density at radius 2 is 1.20 bits per heavy atom. The van der Waals surface area contributed by atoms with E-state index in [9.17, 15) is 0 Å². The van der Waals surface area contributed by atoms with Crippen LogP contribution in [0, 0.1) is 15.4 Å². The number of nitrogens with zero attached hydrogens (tertiary/aromatic N) is 12. The molecule has 374 valence electrons. The Balaban J connectivity index is 0.000000180. The predicted octanol–water partition coefficient (Wildman–Crippen LogP) is 12.1. The summed E-state index contributed by atoms with van der Waals surface area (Å²) >= 11 is 9.49. The van der Waals surface area contributed by atoms with Gasteiger partial charge in [0.2, 0.25) is 0 Å². The molecule has 4 bridgehead atoms. The third kappa shape index (κ3) is 10.8. The molecule has 0 aliphatic carbocycles. The Hall–Kier alpha value is -3.89. The third-order valence-corrected chi connectivity index (χ3v) is 19.6. The molecule has 0 radical (unpaired) electrons. The fourth-order valence-electron chi connectivity index (χ4n) is 11.5. The molecular weight excluding hydrogens is 1040 g/mol. The van der Waals surface area contributed by atoms with E-state index in [1.807, 2.05) is 48.6 Å². The summed E-state index contributed by atoms with van der Waals surface area (Å²) in [4.78, 5) is 25.3. The zero-order valence-electron chi connectivity index (χ0n) is 42.7. The molecule has 0 N–H and O–H groups in total. The summed E-state index contributed by atoms with van der Waals surface area (Å²) < 4.78 is 21.3. The summed E-state index contributed by atoms with van der Waals surface area (Å²) in [6.07, 6.45) is 22.2. The smallest absolute Gasteiger partial charge is 0.164 e. The van der Waals surface area contributed by atoms with Gasteiger partial charge in [0.25, 0.3) is 0 Å². The number of aromatic nitrogens is 10. The second-order valence-electron chi connectivity index (χ2n) is 23.4. The summed E-state index contributed by atoms with van der Waals surface area (Å²) in [5, 5.41) is 10.8. The van der Waals surface area contributed by atoms with E-state index in [0.29, 0.717) is 49.2 Å². The van der Waals surface area contributed by atoms with Gasteiger partial charge in [-0.25, -0.2) is 19.9 Å². The molecule has 11 rings (SSSR count). The number of fused-ring (bicyclic) bond motifs is 7. The Kier molecular flexibility index (Phi) is 14.3. The fourth-order valence-corrected chi connectivity index (χ4v) is 14.1. The van der Waals surface area contributed by atoms with Gasteiger partial charge in [-0.05, 0) is 110 Å². The van der Waals surface area contributed by atoms with E-state index in [0.717, 1.165) is 96.4 Å². The molecule has 4 aliphatic heterocycles. The van der Waals surface area contributed by atoms with E-state index in [4.69, 9.17) is 46.1 Å². The highest BCUT2D eigenvalue weighted by Crippen LogP contribution is 2.44. The van der Waals surface area contributed by atoms with Crippen LogP contribution < -0.4 is 9.80 Å². The van der Waals surface area contributed by atoms with Crippen LogP contribution in [0.25, 0.3) is 44.4 Å². The molecule has 4 fully saturated rings. The molecule has 7 aromatic rings. The van der Waals surface area contributed by atoms with Gasteiger partial charge < -0.3 is 28.4 Å². The van der Waals surface area contributed by atoms with Gasteiger partial charge in [0.15, 0.2) is 11.3 Å². The van der Waals surface area contributed by atoms with Crippen LogP contribution in [0.5, 0.6) is 0 Å². The first-order valence-electron chi connectivity index (χ1n) is 25.7. The second-order valence-corrected chi connectivity index (χ2v) is 36.1. The van der Waals surface area contributed by atoms with Crippen molar-refractivity contribution in [2.75, 3.05) is 23.0 Å². The van der Waals surface area contributed by atoms with Crippen LogP contribution >= 0.6 is 34.2 Å². The molecule has 14 nitrogen and oxygen atoms in total. The molecule has 18 heteroatoms. The minimum Gasteiger partial charge on any atom is -0.361 e. The van der Waals surface area contributed by atoms with E-state index in [1.54, 1.807) is 4.68 Å². The molecule has 10 heterocycles. The highest BCUT2D eigenvalue weighted by molar-refractivity contribution is 14.1. The first-order valence-corrected chi connectivity index (χ1v) is 34.6. The van der Waals surface area contributed by atoms with Gasteiger partial charge in [0.1, 0.15) is 36.1 Å². The standard InChI is InChI=1S/C32H41ClN8OSi.C20H31IN4OSi/c1-21-14-23-6-7-24(15-21)41(23)29-16-34-31-26(18-39(32(31)35-29)20-42-12-13-43(3,4)5)25-8-9-28-27(30(25)33)19-40(37-28)17-22-10-11-38(2)36-22;1-14-9-15-5-6-16(10-14)25(15)18-11-22-19-17(21)12-24(20(19)23-18)13-26-7-8-27(2,3)4/h8-11,16,18-19,21,23-24H,6-7,12-15,17,20H2,1-5H3;11-12,14-16H,5-10,13H2,1-4H3/t21?,23-,24+;14?,15-,16+. The number of rotatable bonds is 15. The van der Waals surface area contributed by atoms with Crippen LogP contribution in [-0.4, -0.2) is 102 Å². The lowest BCUT2D eigenvalue weighted by molar-refractivity contribution is 0.0897. The molecule has 6 atom stereocenters. The Morgan fingerprint density at radius 1 is 0.671 bits per heavy atom. The quantitative estimate of drug-likeness (QED) is 0.0557. The lowest BCUT2D eigenvalue weighted by Crippen LogP contribution is -2.43. The maximum atomic E-state index is 7.13. The summed E-state index contributed by atoms with van der Waals surface area (Å²) in [5.74, 6) is 3.64. The van der Waals surface area contributed by atoms with E-state index < -0.39 is 16.1 Å². The maximum absolute atomic E-state index is 7.13. The molecule has 6 aromatic heterocycles. The van der Waals surface area contributed by atoms with Gasteiger partial charge in [0, 0.05) is 102 Å². The number of piperidine rings is 2. The van der Waals surface area contributed by atoms with Gasteiger partial charge in [-0.2, -0.15) is 10.2 Å². The van der Waals surface area contributed by atoms with Crippen molar-refractivity contribution in [3.63, 3.8) is 0 Å². The number of aryl methyl sites for hydroxylation is 1. The SMILES string of the molecule is CC1C[C@H]2CC[C@@H](C1)N2c1cnc2c(-c3ccc4nn(Cc5ccn(C)n5)cc4c3Cl)cn(COCC[Si](C)(C)C)c2n1.CC1C[C@H]2CC[C@@H](C1)N2c1cnc2c(I)cn(COCC[Si](C)(C)C)c2n1. The second kappa shape index (κ2) is 20.2. The van der Waals surface area contributed by atoms with Crippen molar-refractivity contribution in [3.8, 4) is 11.1 Å². The summed E-state index contributed by atoms with van der Waals surface area (Å²) in [6, 6.07) is 10.8. The minimum atomic E-state index is -1.20. The zero-order valence-corrected chi connectivity index (χ0v) is 47.6. The van der Waals surface area contributed by atoms with E-state index in [1.165, 1.54) is 57.4 Å². The van der Waals surface area contributed by atoms with Crippen molar-refractivity contribution in [1.29, 1.82) is 0 Å². The lowest BCUT2D eigenvalue weighted by Gasteiger charge is -2.38. The molecule has 1 aromatic carbocycles. The summed E-state index contributed by atoms with van der Waals surface area (Å²) in [5.41, 5.74) is 7.33. The van der Waals surface area contributed by atoms with Crippen molar-refractivity contribution in [3.05, 3.63) is 69.7 Å². The van der Waals surface area contributed by atoms with E-state index >= 15 is 0 Å². The molecule has 0 spiro atoms. The first kappa shape index (κ1) is 49.7. The van der Waals surface area contributed by atoms with Gasteiger partial charge in [-0.1, -0.05) is 70.8 Å². The van der Waals surface area contributed by atoms with Gasteiger partial charge in [-0.3, -0.25) is 9.36 Å². The van der Waals surface area contributed by atoms with Gasteiger partial charge in [-0.15, -0.1) is 0 Å². The molecule has 4 saturated heterocycles. The molecular formula is C52H72ClIN12O2Si2. The highest BCUT2D eigenvalue weighted by atomic mass is 127. The average Bonchev–Trinajstić information content (AvgIpc) is 4.15. The van der Waals surface area contributed by atoms with Crippen molar-refractivity contribution in [2.24, 2.45) is 18.9 Å². The van der Waals surface area contributed by atoms with Crippen LogP contribution in [-0.2, 0) is 36.5 Å². The van der Waals surface area contributed by atoms with Crippen LogP contribution in [0.1, 0.15) is 70.9 Å². The molecule has 2 unspecified atom stereocenters. The number of hydrogen-bond donors (Lipinski definition) is 0. The minimum absolute atomic E-state index is 0.435. The average molecular weight is 1120 g/mol. The number of anilines is 2. The maximum Gasteiger partial charge on any atom is 0.164 e. The van der Waals surface area contributed by atoms with Gasteiger partial charge in [0.05, 0.1) is 38.7 Å². The normalized spacial score (nSPS) is 22.5. The summed E-state index contributed by atoms with van der Waals surface area (Å²) in [6.45, 7) is 22.2. The van der Waals surface area contributed by atoms with Crippen molar-refractivity contribution in [1.82, 2.24) is 48.6 Å². The first-order chi connectivity index (χ1) is 33.4.